The number of hydrogen-bond acceptors (Lipinski definition) is 5. The van der Waals surface area contributed by atoms with Crippen molar-refractivity contribution in [2.24, 2.45) is 0 Å². The Morgan fingerprint density at radius 3 is 2.38 bits per heavy atom. The monoisotopic (exact) mass is 359 g/mol. The van der Waals surface area contributed by atoms with Gasteiger partial charge in [0.2, 0.25) is 11.9 Å². The van der Waals surface area contributed by atoms with Crippen molar-refractivity contribution < 1.29 is 9.18 Å². The molecule has 0 unspecified atom stereocenters. The topological polar surface area (TPSA) is 80.4 Å². The van der Waals surface area contributed by atoms with E-state index in [4.69, 9.17) is 0 Å². The molecule has 4 rings (SSSR count). The lowest BCUT2D eigenvalue weighted by Crippen LogP contribution is -2.45. The number of halogens is 1. The highest BCUT2D eigenvalue weighted by Gasteiger charge is 2.27. The fourth-order valence-electron chi connectivity index (χ4n) is 3.39. The van der Waals surface area contributed by atoms with Gasteiger partial charge in [0.15, 0.2) is 0 Å². The zero-order valence-electron chi connectivity index (χ0n) is 14.1. The van der Waals surface area contributed by atoms with Crippen molar-refractivity contribution in [3.8, 4) is 0 Å². The van der Waals surface area contributed by atoms with E-state index in [-0.39, 0.29) is 24.2 Å². The second kappa shape index (κ2) is 6.40. The number of likely N-dealkylation sites (tertiary alicyclic amines) is 1. The van der Waals surface area contributed by atoms with E-state index in [1.165, 1.54) is 16.7 Å². The Labute approximate surface area is 148 Å². The Balaban J connectivity index is 1.69. The van der Waals surface area contributed by atoms with Crippen molar-refractivity contribution in [3.63, 3.8) is 0 Å². The van der Waals surface area contributed by atoms with Gasteiger partial charge in [-0.3, -0.25) is 19.0 Å². The molecule has 136 valence electrons. The first-order valence-electron chi connectivity index (χ1n) is 8.57. The smallest absolute Gasteiger partial charge is 0.333 e. The quantitative estimate of drug-likeness (QED) is 0.738. The van der Waals surface area contributed by atoms with Crippen LogP contribution in [0.4, 0.5) is 16.0 Å². The molecule has 26 heavy (non-hydrogen) atoms. The van der Waals surface area contributed by atoms with Crippen LogP contribution in [0.1, 0.15) is 12.8 Å². The normalized spacial score (nSPS) is 16.2. The predicted octanol–water partition coefficient (Wildman–Crippen LogP) is 0.318. The zero-order valence-corrected chi connectivity index (χ0v) is 14.1. The lowest BCUT2D eigenvalue weighted by atomic mass is 10.3. The molecule has 1 fully saturated rings. The van der Waals surface area contributed by atoms with Crippen molar-refractivity contribution in [2.45, 2.75) is 25.9 Å². The molecule has 3 heterocycles. The second-order valence-electron chi connectivity index (χ2n) is 6.44. The van der Waals surface area contributed by atoms with Crippen LogP contribution in [0.5, 0.6) is 0 Å². The van der Waals surface area contributed by atoms with E-state index in [1.54, 1.807) is 21.9 Å². The van der Waals surface area contributed by atoms with E-state index in [2.05, 4.69) is 5.10 Å². The molecule has 1 saturated heterocycles. The third-order valence-corrected chi connectivity index (χ3v) is 4.78. The summed E-state index contributed by atoms with van der Waals surface area (Å²) in [7, 11) is 0. The number of rotatable bonds is 3. The van der Waals surface area contributed by atoms with Gasteiger partial charge in [0.05, 0.1) is 0 Å². The fourth-order valence-corrected chi connectivity index (χ4v) is 3.39. The molecule has 0 atom stereocenters. The van der Waals surface area contributed by atoms with Crippen LogP contribution in [0.3, 0.4) is 0 Å². The number of benzene rings is 1. The summed E-state index contributed by atoms with van der Waals surface area (Å²) >= 11 is 0. The summed E-state index contributed by atoms with van der Waals surface area (Å²) in [5.74, 6) is -0.289. The average molecular weight is 359 g/mol. The first-order valence-corrected chi connectivity index (χ1v) is 8.57. The Morgan fingerprint density at radius 1 is 1.00 bits per heavy atom. The van der Waals surface area contributed by atoms with E-state index in [0.717, 1.165) is 17.5 Å². The number of nitrogens with zero attached hydrogens (tertiary/aromatic N) is 5. The Morgan fingerprint density at radius 2 is 1.69 bits per heavy atom. The number of carbonyl (C=O) groups excluding carboxylic acids is 1. The summed E-state index contributed by atoms with van der Waals surface area (Å²) in [6, 6.07) is 5.82. The molecule has 2 aliphatic rings. The van der Waals surface area contributed by atoms with Gasteiger partial charge in [-0.25, -0.2) is 9.07 Å². The van der Waals surface area contributed by atoms with E-state index in [9.17, 15) is 18.8 Å². The van der Waals surface area contributed by atoms with E-state index < -0.39 is 11.1 Å². The van der Waals surface area contributed by atoms with Crippen molar-refractivity contribution in [1.29, 1.82) is 0 Å². The van der Waals surface area contributed by atoms with Crippen LogP contribution in [0.25, 0.3) is 0 Å². The second-order valence-corrected chi connectivity index (χ2v) is 6.44. The minimum atomic E-state index is -0.803. The highest BCUT2D eigenvalue weighted by Crippen LogP contribution is 2.26. The molecule has 1 aromatic heterocycles. The number of carbonyl (C=O) groups is 1. The molecule has 1 aromatic carbocycles. The lowest BCUT2D eigenvalue weighted by molar-refractivity contribution is -0.131. The van der Waals surface area contributed by atoms with Gasteiger partial charge in [-0.1, -0.05) is 0 Å². The summed E-state index contributed by atoms with van der Waals surface area (Å²) in [5.41, 5.74) is -0.836. The maximum absolute atomic E-state index is 13.2. The van der Waals surface area contributed by atoms with Crippen LogP contribution in [0.15, 0.2) is 33.9 Å². The summed E-state index contributed by atoms with van der Waals surface area (Å²) in [6.07, 6.45) is 1.89. The van der Waals surface area contributed by atoms with Crippen molar-refractivity contribution in [2.75, 3.05) is 24.5 Å². The SMILES string of the molecule is O=C(Cn1nc2n(c(=O)c1=O)CCN2c1ccc(F)cc1)N1CCCC1. The Hall–Kier alpha value is -2.97. The van der Waals surface area contributed by atoms with Crippen LogP contribution < -0.4 is 16.0 Å². The summed E-state index contributed by atoms with van der Waals surface area (Å²) in [6.45, 7) is 1.84. The highest BCUT2D eigenvalue weighted by molar-refractivity contribution is 5.76. The van der Waals surface area contributed by atoms with Gasteiger partial charge in [0.25, 0.3) is 0 Å². The number of amides is 1. The van der Waals surface area contributed by atoms with E-state index in [0.29, 0.717) is 31.9 Å². The first-order chi connectivity index (χ1) is 12.5. The molecule has 0 spiro atoms. The predicted molar refractivity (Wildman–Crippen MR) is 92.0 cm³/mol. The summed E-state index contributed by atoms with van der Waals surface area (Å²) < 4.78 is 15.4. The maximum atomic E-state index is 13.2. The van der Waals surface area contributed by atoms with Crippen LogP contribution in [0, 0.1) is 5.82 Å². The molecule has 0 N–H and O–H groups in total. The lowest BCUT2D eigenvalue weighted by Gasteiger charge is -2.19. The van der Waals surface area contributed by atoms with Gasteiger partial charge in [-0.15, -0.1) is 5.10 Å². The Kier molecular flexibility index (Phi) is 4.06. The molecule has 2 aliphatic heterocycles. The molecular formula is C17H18FN5O3. The van der Waals surface area contributed by atoms with Gasteiger partial charge in [-0.2, -0.15) is 0 Å². The minimum absolute atomic E-state index is 0.215. The molecule has 8 nitrogen and oxygen atoms in total. The van der Waals surface area contributed by atoms with Gasteiger partial charge >= 0.3 is 11.1 Å². The zero-order chi connectivity index (χ0) is 18.3. The molecular weight excluding hydrogens is 341 g/mol. The average Bonchev–Trinajstić information content (AvgIpc) is 3.30. The standard InChI is InChI=1S/C17H18FN5O3/c18-12-3-5-13(6-4-12)21-9-10-22-15(25)16(26)23(19-17(21)22)11-14(24)20-7-1-2-8-20/h3-6H,1-2,7-11H2. The van der Waals surface area contributed by atoms with Crippen LogP contribution in [-0.4, -0.2) is 44.8 Å². The minimum Gasteiger partial charge on any atom is -0.341 e. The summed E-state index contributed by atoms with van der Waals surface area (Å²) in [5, 5.41) is 4.26. The number of aromatic nitrogens is 3. The van der Waals surface area contributed by atoms with Crippen LogP contribution in [-0.2, 0) is 17.9 Å². The van der Waals surface area contributed by atoms with E-state index in [1.807, 2.05) is 0 Å². The molecule has 0 radical (unpaired) electrons. The first kappa shape index (κ1) is 16.5. The number of fused-ring (bicyclic) bond motifs is 1. The van der Waals surface area contributed by atoms with Gasteiger partial charge in [0.1, 0.15) is 12.4 Å². The maximum Gasteiger partial charge on any atom is 0.333 e. The van der Waals surface area contributed by atoms with Crippen molar-refractivity contribution >= 4 is 17.5 Å². The molecule has 0 bridgehead atoms. The van der Waals surface area contributed by atoms with Gasteiger partial charge < -0.3 is 9.80 Å². The summed E-state index contributed by atoms with van der Waals surface area (Å²) in [4.78, 5) is 40.4. The Bertz CT molecular complexity index is 960. The van der Waals surface area contributed by atoms with E-state index >= 15 is 0 Å². The van der Waals surface area contributed by atoms with Crippen LogP contribution >= 0.6 is 0 Å². The van der Waals surface area contributed by atoms with Crippen molar-refractivity contribution in [3.05, 3.63) is 50.8 Å². The third kappa shape index (κ3) is 2.79. The highest BCUT2D eigenvalue weighted by atomic mass is 19.1. The van der Waals surface area contributed by atoms with Gasteiger partial charge in [-0.05, 0) is 37.1 Å². The molecule has 9 heteroatoms. The molecule has 0 aliphatic carbocycles. The van der Waals surface area contributed by atoms with Gasteiger partial charge in [0, 0.05) is 31.9 Å². The fraction of sp³-hybridized carbons (Fsp3) is 0.412. The molecule has 2 aromatic rings. The number of hydrogen-bond donors (Lipinski definition) is 0. The molecule has 1 amide bonds. The largest absolute Gasteiger partial charge is 0.341 e. The van der Waals surface area contributed by atoms with Crippen LogP contribution in [0.2, 0.25) is 0 Å². The molecule has 0 saturated carbocycles. The number of anilines is 2. The van der Waals surface area contributed by atoms with Crippen molar-refractivity contribution in [1.82, 2.24) is 19.2 Å². The third-order valence-electron chi connectivity index (χ3n) is 4.78.